The molecule has 116 valence electrons. The first-order chi connectivity index (χ1) is 9.73. The van der Waals surface area contributed by atoms with E-state index in [9.17, 15) is 13.2 Å². The first kappa shape index (κ1) is 16.0. The Bertz CT molecular complexity index is 638. The Hall–Kier alpha value is -1.36. The predicted octanol–water partition coefficient (Wildman–Crippen LogP) is 3.29. The van der Waals surface area contributed by atoms with Gasteiger partial charge < -0.3 is 5.11 Å². The molecule has 1 aliphatic rings. The number of aromatic carboxylic acids is 1. The Morgan fingerprint density at radius 2 is 1.71 bits per heavy atom. The Morgan fingerprint density at radius 3 is 2.24 bits per heavy atom. The monoisotopic (exact) mass is 310 g/mol. The van der Waals surface area contributed by atoms with Crippen LogP contribution >= 0.6 is 0 Å². The fourth-order valence-electron chi connectivity index (χ4n) is 3.46. The third-order valence-corrected chi connectivity index (χ3v) is 6.71. The van der Waals surface area contributed by atoms with E-state index >= 15 is 0 Å². The van der Waals surface area contributed by atoms with Crippen LogP contribution < -0.4 is 0 Å². The van der Waals surface area contributed by atoms with Crippen molar-refractivity contribution >= 4 is 15.8 Å². The number of benzene rings is 1. The van der Waals surface area contributed by atoms with E-state index in [2.05, 4.69) is 13.8 Å². The highest BCUT2D eigenvalue weighted by molar-refractivity contribution is 7.92. The first-order valence-electron chi connectivity index (χ1n) is 7.30. The van der Waals surface area contributed by atoms with Crippen molar-refractivity contribution in [2.24, 2.45) is 11.8 Å². The smallest absolute Gasteiger partial charge is 0.335 e. The summed E-state index contributed by atoms with van der Waals surface area (Å²) in [5, 5.41) is 8.75. The summed E-state index contributed by atoms with van der Waals surface area (Å²) in [4.78, 5) is 11.4. The molecule has 0 spiro atoms. The Labute approximate surface area is 126 Å². The SMILES string of the molecule is Cc1c(C(=O)O)cccc1S(=O)(=O)C1CC(C)CC(C)C1. The molecule has 2 rings (SSSR count). The van der Waals surface area contributed by atoms with E-state index in [0.29, 0.717) is 30.2 Å². The van der Waals surface area contributed by atoms with Crippen LogP contribution in [0.3, 0.4) is 0 Å². The molecule has 0 saturated heterocycles. The number of rotatable bonds is 3. The van der Waals surface area contributed by atoms with Crippen molar-refractivity contribution in [1.29, 1.82) is 0 Å². The van der Waals surface area contributed by atoms with E-state index in [0.717, 1.165) is 6.42 Å². The van der Waals surface area contributed by atoms with Crippen LogP contribution in [0.25, 0.3) is 0 Å². The molecule has 21 heavy (non-hydrogen) atoms. The maximum Gasteiger partial charge on any atom is 0.335 e. The van der Waals surface area contributed by atoms with Gasteiger partial charge in [-0.25, -0.2) is 13.2 Å². The summed E-state index contributed by atoms with van der Waals surface area (Å²) in [7, 11) is -3.48. The van der Waals surface area contributed by atoms with E-state index in [4.69, 9.17) is 5.11 Å². The molecule has 0 heterocycles. The molecular weight excluding hydrogens is 288 g/mol. The molecule has 0 aliphatic heterocycles. The number of hydrogen-bond donors (Lipinski definition) is 1. The van der Waals surface area contributed by atoms with Crippen molar-refractivity contribution < 1.29 is 18.3 Å². The van der Waals surface area contributed by atoms with E-state index in [-0.39, 0.29) is 10.5 Å². The Morgan fingerprint density at radius 1 is 1.14 bits per heavy atom. The Kier molecular flexibility index (Phi) is 4.42. The average molecular weight is 310 g/mol. The zero-order valence-corrected chi connectivity index (χ0v) is 13.5. The summed E-state index contributed by atoms with van der Waals surface area (Å²) >= 11 is 0. The number of hydrogen-bond acceptors (Lipinski definition) is 3. The van der Waals surface area contributed by atoms with E-state index in [1.807, 2.05) is 0 Å². The van der Waals surface area contributed by atoms with Gasteiger partial charge in [0.05, 0.1) is 15.7 Å². The number of sulfone groups is 1. The molecule has 1 aromatic rings. The topological polar surface area (TPSA) is 71.4 Å². The molecule has 2 unspecified atom stereocenters. The second-order valence-electron chi connectivity index (χ2n) is 6.32. The molecular formula is C16H22O4S. The van der Waals surface area contributed by atoms with Crippen LogP contribution in [0.2, 0.25) is 0 Å². The van der Waals surface area contributed by atoms with Gasteiger partial charge in [0.25, 0.3) is 0 Å². The summed E-state index contributed by atoms with van der Waals surface area (Å²) in [6.45, 7) is 5.74. The highest BCUT2D eigenvalue weighted by atomic mass is 32.2. The normalized spacial score (nSPS) is 26.5. The maximum absolute atomic E-state index is 12.9. The lowest BCUT2D eigenvalue weighted by atomic mass is 9.83. The molecule has 2 atom stereocenters. The highest BCUT2D eigenvalue weighted by Crippen LogP contribution is 2.36. The molecule has 4 nitrogen and oxygen atoms in total. The van der Waals surface area contributed by atoms with Gasteiger partial charge in [0.2, 0.25) is 0 Å². The van der Waals surface area contributed by atoms with Gasteiger partial charge in [-0.2, -0.15) is 0 Å². The zero-order valence-electron chi connectivity index (χ0n) is 12.7. The second kappa shape index (κ2) is 5.79. The van der Waals surface area contributed by atoms with Gasteiger partial charge in [-0.15, -0.1) is 0 Å². The van der Waals surface area contributed by atoms with Crippen molar-refractivity contribution in [1.82, 2.24) is 0 Å². The van der Waals surface area contributed by atoms with E-state index < -0.39 is 21.1 Å². The summed E-state index contributed by atoms with van der Waals surface area (Å²) < 4.78 is 25.8. The van der Waals surface area contributed by atoms with Gasteiger partial charge in [0.1, 0.15) is 0 Å². The summed E-state index contributed by atoms with van der Waals surface area (Å²) in [5.41, 5.74) is 0.406. The van der Waals surface area contributed by atoms with Crippen LogP contribution in [-0.4, -0.2) is 24.7 Å². The minimum Gasteiger partial charge on any atom is -0.478 e. The minimum absolute atomic E-state index is 0.0629. The minimum atomic E-state index is -3.48. The van der Waals surface area contributed by atoms with Crippen molar-refractivity contribution in [3.8, 4) is 0 Å². The molecule has 0 radical (unpaired) electrons. The second-order valence-corrected chi connectivity index (χ2v) is 8.51. The third kappa shape index (κ3) is 3.12. The molecule has 1 N–H and O–H groups in total. The molecule has 1 aromatic carbocycles. The van der Waals surface area contributed by atoms with Crippen LogP contribution in [0.1, 0.15) is 49.0 Å². The average Bonchev–Trinajstić information content (AvgIpc) is 2.37. The molecule has 1 aliphatic carbocycles. The summed E-state index contributed by atoms with van der Waals surface area (Å²) in [6, 6.07) is 4.49. The lowest BCUT2D eigenvalue weighted by Crippen LogP contribution is -2.31. The largest absolute Gasteiger partial charge is 0.478 e. The van der Waals surface area contributed by atoms with Crippen molar-refractivity contribution in [2.75, 3.05) is 0 Å². The molecule has 0 aromatic heterocycles. The van der Waals surface area contributed by atoms with Crippen LogP contribution in [0.4, 0.5) is 0 Å². The van der Waals surface area contributed by atoms with Crippen molar-refractivity contribution in [3.05, 3.63) is 29.3 Å². The van der Waals surface area contributed by atoms with E-state index in [1.54, 1.807) is 6.92 Å². The van der Waals surface area contributed by atoms with Crippen LogP contribution in [0.15, 0.2) is 23.1 Å². The molecule has 5 heteroatoms. The quantitative estimate of drug-likeness (QED) is 0.930. The first-order valence-corrected chi connectivity index (χ1v) is 8.85. The molecule has 0 bridgehead atoms. The highest BCUT2D eigenvalue weighted by Gasteiger charge is 2.35. The van der Waals surface area contributed by atoms with Gasteiger partial charge in [-0.05, 0) is 55.7 Å². The predicted molar refractivity (Wildman–Crippen MR) is 81.3 cm³/mol. The van der Waals surface area contributed by atoms with Crippen LogP contribution in [-0.2, 0) is 9.84 Å². The van der Waals surface area contributed by atoms with Gasteiger partial charge in [0, 0.05) is 0 Å². The fraction of sp³-hybridized carbons (Fsp3) is 0.562. The molecule has 1 fully saturated rings. The molecule has 0 amide bonds. The lowest BCUT2D eigenvalue weighted by molar-refractivity contribution is 0.0696. The zero-order chi connectivity index (χ0) is 15.8. The fourth-order valence-corrected chi connectivity index (χ4v) is 5.79. The van der Waals surface area contributed by atoms with Crippen molar-refractivity contribution in [2.45, 2.75) is 50.2 Å². The number of carboxylic acids is 1. The van der Waals surface area contributed by atoms with Gasteiger partial charge in [-0.3, -0.25) is 0 Å². The standard InChI is InChI=1S/C16H22O4S/c1-10-7-11(2)9-13(8-10)21(19,20)15-6-4-5-14(12(15)3)16(17)18/h4-6,10-11,13H,7-9H2,1-3H3,(H,17,18). The summed E-state index contributed by atoms with van der Waals surface area (Å²) in [5.74, 6) is -0.317. The Balaban J connectivity index is 2.45. The van der Waals surface area contributed by atoms with Gasteiger partial charge >= 0.3 is 5.97 Å². The number of carboxylic acid groups (broad SMARTS) is 1. The number of carbonyl (C=O) groups is 1. The lowest BCUT2D eigenvalue weighted by Gasteiger charge is -2.31. The van der Waals surface area contributed by atoms with Crippen LogP contribution in [0.5, 0.6) is 0 Å². The summed E-state index contributed by atoms with van der Waals surface area (Å²) in [6.07, 6.45) is 2.37. The van der Waals surface area contributed by atoms with Crippen molar-refractivity contribution in [3.63, 3.8) is 0 Å². The molecule has 1 saturated carbocycles. The maximum atomic E-state index is 12.9. The third-order valence-electron chi connectivity index (χ3n) is 4.40. The van der Waals surface area contributed by atoms with Gasteiger partial charge in [-0.1, -0.05) is 19.9 Å². The van der Waals surface area contributed by atoms with Crippen LogP contribution in [0, 0.1) is 18.8 Å². The van der Waals surface area contributed by atoms with E-state index in [1.165, 1.54) is 18.2 Å². The van der Waals surface area contributed by atoms with Gasteiger partial charge in [0.15, 0.2) is 9.84 Å².